The van der Waals surface area contributed by atoms with Crippen molar-refractivity contribution in [3.63, 3.8) is 0 Å². The van der Waals surface area contributed by atoms with Gasteiger partial charge >= 0.3 is 0 Å². The molecule has 1 saturated heterocycles. The summed E-state index contributed by atoms with van der Waals surface area (Å²) >= 11 is 1.59. The molecule has 6 nitrogen and oxygen atoms in total. The Bertz CT molecular complexity index is 1060. The zero-order chi connectivity index (χ0) is 20.6. The van der Waals surface area contributed by atoms with Crippen molar-refractivity contribution in [1.29, 1.82) is 0 Å². The molecule has 0 atom stereocenters. The van der Waals surface area contributed by atoms with Gasteiger partial charge in [-0.05, 0) is 31.7 Å². The Hall–Kier alpha value is -2.64. The van der Waals surface area contributed by atoms with Gasteiger partial charge in [0, 0.05) is 30.2 Å². The molecule has 1 fully saturated rings. The number of nitrogens with zero attached hydrogens (tertiary/aromatic N) is 4. The fourth-order valence-electron chi connectivity index (χ4n) is 4.39. The molecule has 4 heterocycles. The highest BCUT2D eigenvalue weighted by molar-refractivity contribution is 7.09. The average Bonchev–Trinajstić information content (AvgIpc) is 3.19. The summed E-state index contributed by atoms with van der Waals surface area (Å²) in [6, 6.07) is 10.0. The Morgan fingerprint density at radius 3 is 2.73 bits per heavy atom. The number of likely N-dealkylation sites (tertiary alicyclic amines) is 1. The van der Waals surface area contributed by atoms with Crippen LogP contribution in [0.3, 0.4) is 0 Å². The van der Waals surface area contributed by atoms with Gasteiger partial charge in [0.1, 0.15) is 5.60 Å². The fourth-order valence-corrected chi connectivity index (χ4v) is 5.00. The van der Waals surface area contributed by atoms with Crippen molar-refractivity contribution in [3.8, 4) is 11.4 Å². The molecular weight excluding hydrogens is 396 g/mol. The number of carbonyl (C=O) groups is 1. The molecule has 0 unspecified atom stereocenters. The van der Waals surface area contributed by atoms with Crippen LogP contribution in [0.4, 0.5) is 0 Å². The molecule has 0 N–H and O–H groups in total. The SMILES string of the molecule is Cc1nc(CC(=O)N2CCC3(CC2)OCCc2cnc(-c4ccccc4)nc23)cs1. The minimum Gasteiger partial charge on any atom is -0.368 e. The summed E-state index contributed by atoms with van der Waals surface area (Å²) in [7, 11) is 0. The van der Waals surface area contributed by atoms with E-state index in [1.165, 1.54) is 5.56 Å². The fraction of sp³-hybridized carbons (Fsp3) is 0.391. The van der Waals surface area contributed by atoms with E-state index >= 15 is 0 Å². The number of benzene rings is 1. The molecule has 7 heteroatoms. The second kappa shape index (κ2) is 7.89. The first-order chi connectivity index (χ1) is 14.6. The third-order valence-electron chi connectivity index (χ3n) is 6.00. The van der Waals surface area contributed by atoms with Crippen molar-refractivity contribution in [2.45, 2.75) is 38.2 Å². The topological polar surface area (TPSA) is 68.2 Å². The predicted octanol–water partition coefficient (Wildman–Crippen LogP) is 3.54. The van der Waals surface area contributed by atoms with Gasteiger partial charge in [0.25, 0.3) is 0 Å². The maximum absolute atomic E-state index is 12.8. The van der Waals surface area contributed by atoms with E-state index in [1.54, 1.807) is 11.3 Å². The van der Waals surface area contributed by atoms with Crippen LogP contribution in [0, 0.1) is 6.92 Å². The Labute approximate surface area is 180 Å². The molecule has 0 aliphatic carbocycles. The Morgan fingerprint density at radius 2 is 2.00 bits per heavy atom. The zero-order valence-corrected chi connectivity index (χ0v) is 17.8. The molecule has 0 radical (unpaired) electrons. The third-order valence-corrected chi connectivity index (χ3v) is 6.82. The Morgan fingerprint density at radius 1 is 1.20 bits per heavy atom. The molecule has 1 spiro atoms. The molecule has 2 aliphatic heterocycles. The predicted molar refractivity (Wildman–Crippen MR) is 115 cm³/mol. The molecule has 0 saturated carbocycles. The first-order valence-electron chi connectivity index (χ1n) is 10.4. The monoisotopic (exact) mass is 420 g/mol. The van der Waals surface area contributed by atoms with E-state index in [9.17, 15) is 4.79 Å². The lowest BCUT2D eigenvalue weighted by molar-refractivity contribution is -0.140. The van der Waals surface area contributed by atoms with Crippen LogP contribution in [0.2, 0.25) is 0 Å². The first-order valence-corrected chi connectivity index (χ1v) is 11.3. The first kappa shape index (κ1) is 19.3. The van der Waals surface area contributed by atoms with Crippen LogP contribution in [0.25, 0.3) is 11.4 Å². The van der Waals surface area contributed by atoms with Gasteiger partial charge in [-0.3, -0.25) is 4.79 Å². The molecule has 3 aromatic rings. The minimum atomic E-state index is -0.423. The number of amides is 1. The number of rotatable bonds is 3. The lowest BCUT2D eigenvalue weighted by Gasteiger charge is -2.44. The molecule has 5 rings (SSSR count). The lowest BCUT2D eigenvalue weighted by atomic mass is 9.83. The minimum absolute atomic E-state index is 0.138. The van der Waals surface area contributed by atoms with Crippen LogP contribution in [-0.4, -0.2) is 45.5 Å². The molecule has 2 aliphatic rings. The van der Waals surface area contributed by atoms with Crippen LogP contribution < -0.4 is 0 Å². The molecular formula is C23H24N4O2S. The van der Waals surface area contributed by atoms with Crippen LogP contribution in [0.15, 0.2) is 41.9 Å². The molecule has 2 aromatic heterocycles. The molecule has 30 heavy (non-hydrogen) atoms. The van der Waals surface area contributed by atoms with E-state index < -0.39 is 5.60 Å². The second-order valence-electron chi connectivity index (χ2n) is 7.94. The summed E-state index contributed by atoms with van der Waals surface area (Å²) in [4.78, 5) is 28.7. The lowest BCUT2D eigenvalue weighted by Crippen LogP contribution is -2.49. The number of carbonyl (C=O) groups excluding carboxylic acids is 1. The van der Waals surface area contributed by atoms with Gasteiger partial charge in [-0.2, -0.15) is 0 Å². The summed E-state index contributed by atoms with van der Waals surface area (Å²) < 4.78 is 6.33. The maximum atomic E-state index is 12.8. The number of thiazole rings is 1. The summed E-state index contributed by atoms with van der Waals surface area (Å²) in [5, 5.41) is 2.97. The average molecular weight is 421 g/mol. The van der Waals surface area contributed by atoms with Gasteiger partial charge < -0.3 is 9.64 Å². The van der Waals surface area contributed by atoms with Gasteiger partial charge in [0.15, 0.2) is 5.82 Å². The standard InChI is InChI=1S/C23H24N4O2S/c1-16-25-19(15-30-16)13-20(28)27-10-8-23(9-11-27)21-18(7-12-29-23)14-24-22(26-21)17-5-3-2-4-6-17/h2-6,14-15H,7-13H2,1H3. The number of aromatic nitrogens is 3. The van der Waals surface area contributed by atoms with Crippen molar-refractivity contribution in [2.75, 3.05) is 19.7 Å². The van der Waals surface area contributed by atoms with Gasteiger partial charge in [-0.25, -0.2) is 15.0 Å². The second-order valence-corrected chi connectivity index (χ2v) is 9.00. The van der Waals surface area contributed by atoms with Gasteiger partial charge in [0.05, 0.1) is 29.4 Å². The summed E-state index contributed by atoms with van der Waals surface area (Å²) in [5.74, 6) is 0.871. The van der Waals surface area contributed by atoms with E-state index in [1.807, 2.05) is 53.7 Å². The third kappa shape index (κ3) is 3.63. The van der Waals surface area contributed by atoms with Crippen LogP contribution in [0.1, 0.15) is 34.8 Å². The van der Waals surface area contributed by atoms with E-state index in [0.29, 0.717) is 26.1 Å². The molecule has 0 bridgehead atoms. The van der Waals surface area contributed by atoms with Crippen LogP contribution >= 0.6 is 11.3 Å². The smallest absolute Gasteiger partial charge is 0.228 e. The van der Waals surface area contributed by atoms with Gasteiger partial charge in [0.2, 0.25) is 5.91 Å². The highest BCUT2D eigenvalue weighted by Gasteiger charge is 2.43. The van der Waals surface area contributed by atoms with Gasteiger partial charge in [-0.15, -0.1) is 11.3 Å². The Balaban J connectivity index is 1.35. The van der Waals surface area contributed by atoms with Crippen LogP contribution in [0.5, 0.6) is 0 Å². The van der Waals surface area contributed by atoms with Crippen LogP contribution in [-0.2, 0) is 28.0 Å². The normalized spacial score (nSPS) is 17.7. The zero-order valence-electron chi connectivity index (χ0n) is 17.0. The van der Waals surface area contributed by atoms with E-state index in [0.717, 1.165) is 47.0 Å². The van der Waals surface area contributed by atoms with E-state index in [-0.39, 0.29) is 5.91 Å². The number of hydrogen-bond donors (Lipinski definition) is 0. The number of aryl methyl sites for hydroxylation is 1. The van der Waals surface area contributed by atoms with Crippen molar-refractivity contribution in [2.24, 2.45) is 0 Å². The molecule has 1 amide bonds. The molecule has 1 aromatic carbocycles. The maximum Gasteiger partial charge on any atom is 0.228 e. The number of fused-ring (bicyclic) bond motifs is 2. The highest BCUT2D eigenvalue weighted by atomic mass is 32.1. The van der Waals surface area contributed by atoms with Crippen molar-refractivity contribution in [3.05, 3.63) is 63.9 Å². The number of piperidine rings is 1. The van der Waals surface area contributed by atoms with Crippen molar-refractivity contribution >= 4 is 17.2 Å². The summed E-state index contributed by atoms with van der Waals surface area (Å²) in [6.07, 6.45) is 4.67. The van der Waals surface area contributed by atoms with Crippen molar-refractivity contribution < 1.29 is 9.53 Å². The largest absolute Gasteiger partial charge is 0.368 e. The molecule has 154 valence electrons. The quantitative estimate of drug-likeness (QED) is 0.648. The van der Waals surface area contributed by atoms with Gasteiger partial charge in [-0.1, -0.05) is 30.3 Å². The van der Waals surface area contributed by atoms with Crippen molar-refractivity contribution in [1.82, 2.24) is 19.9 Å². The van der Waals surface area contributed by atoms with E-state index in [4.69, 9.17) is 9.72 Å². The highest BCUT2D eigenvalue weighted by Crippen LogP contribution is 2.41. The summed E-state index contributed by atoms with van der Waals surface area (Å²) in [6.45, 7) is 3.98. The van der Waals surface area contributed by atoms with E-state index in [2.05, 4.69) is 9.97 Å². The number of ether oxygens (including phenoxy) is 1. The summed E-state index contributed by atoms with van der Waals surface area (Å²) in [5.41, 5.74) is 3.62. The number of hydrogen-bond acceptors (Lipinski definition) is 6. The Kier molecular flexibility index (Phi) is 5.08.